The molecule has 2 aromatic rings. The lowest BCUT2D eigenvalue weighted by molar-refractivity contribution is 0.101. The summed E-state index contributed by atoms with van der Waals surface area (Å²) in [5.74, 6) is -0.126. The minimum atomic E-state index is -0.298. The van der Waals surface area contributed by atoms with Crippen LogP contribution in [-0.2, 0) is 6.54 Å². The van der Waals surface area contributed by atoms with Crippen LogP contribution in [0.4, 0.5) is 11.6 Å². The second-order valence-corrected chi connectivity index (χ2v) is 3.77. The number of nitrogens with zero attached hydrogens (tertiary/aromatic N) is 4. The number of nitrogens with one attached hydrogen (secondary N) is 1. The van der Waals surface area contributed by atoms with Crippen LogP contribution in [0.3, 0.4) is 0 Å². The van der Waals surface area contributed by atoms with Crippen molar-refractivity contribution in [3.8, 4) is 0 Å². The van der Waals surface area contributed by atoms with Crippen molar-refractivity contribution >= 4 is 17.5 Å². The number of anilines is 2. The molecule has 0 aliphatic carbocycles. The lowest BCUT2D eigenvalue weighted by atomic mass is 10.3. The molecule has 0 unspecified atom stereocenters. The number of rotatable bonds is 4. The van der Waals surface area contributed by atoms with Crippen molar-refractivity contribution in [2.45, 2.75) is 19.9 Å². The summed E-state index contributed by atoms with van der Waals surface area (Å²) < 4.78 is 1.81. The first-order valence-corrected chi connectivity index (χ1v) is 5.61. The third kappa shape index (κ3) is 2.62. The summed E-state index contributed by atoms with van der Waals surface area (Å²) in [7, 11) is 0. The number of amides is 1. The minimum Gasteiger partial charge on any atom is -0.397 e. The number of nitrogen functional groups attached to an aromatic ring is 1. The Kier molecular flexibility index (Phi) is 3.52. The van der Waals surface area contributed by atoms with E-state index < -0.39 is 0 Å². The first kappa shape index (κ1) is 12.0. The number of hydrogen-bond acceptors (Lipinski definition) is 5. The molecule has 2 aromatic heterocycles. The molecule has 18 heavy (non-hydrogen) atoms. The molecule has 0 spiro atoms. The molecule has 7 nitrogen and oxygen atoms in total. The SMILES string of the molecule is CCCn1cc(N)cc1C(=O)Nc1nccnn1. The third-order valence-corrected chi connectivity index (χ3v) is 2.32. The van der Waals surface area contributed by atoms with Gasteiger partial charge in [-0.25, -0.2) is 4.98 Å². The Bertz CT molecular complexity index is 536. The zero-order chi connectivity index (χ0) is 13.0. The van der Waals surface area contributed by atoms with Crippen LogP contribution in [0.25, 0.3) is 0 Å². The maximum Gasteiger partial charge on any atom is 0.274 e. The highest BCUT2D eigenvalue weighted by molar-refractivity contribution is 6.02. The van der Waals surface area contributed by atoms with Crippen LogP contribution in [-0.4, -0.2) is 25.7 Å². The fourth-order valence-corrected chi connectivity index (χ4v) is 1.62. The Balaban J connectivity index is 2.18. The maximum absolute atomic E-state index is 12.0. The zero-order valence-electron chi connectivity index (χ0n) is 10.00. The number of carbonyl (C=O) groups excluding carboxylic acids is 1. The van der Waals surface area contributed by atoms with Gasteiger partial charge in [0.1, 0.15) is 5.69 Å². The van der Waals surface area contributed by atoms with Crippen molar-refractivity contribution in [2.75, 3.05) is 11.1 Å². The van der Waals surface area contributed by atoms with Gasteiger partial charge in [-0.2, -0.15) is 5.10 Å². The summed E-state index contributed by atoms with van der Waals surface area (Å²) in [5.41, 5.74) is 6.74. The quantitative estimate of drug-likeness (QED) is 0.835. The van der Waals surface area contributed by atoms with E-state index in [1.54, 1.807) is 16.8 Å². The van der Waals surface area contributed by atoms with E-state index in [-0.39, 0.29) is 11.9 Å². The van der Waals surface area contributed by atoms with Gasteiger partial charge in [-0.1, -0.05) is 6.92 Å². The van der Waals surface area contributed by atoms with Gasteiger partial charge < -0.3 is 10.3 Å². The molecule has 3 N–H and O–H groups in total. The highest BCUT2D eigenvalue weighted by Gasteiger charge is 2.13. The molecule has 0 aliphatic rings. The highest BCUT2D eigenvalue weighted by atomic mass is 16.2. The standard InChI is InChI=1S/C11H14N6O/c1-2-5-17-7-8(12)6-9(17)10(18)15-11-13-3-4-14-16-11/h3-4,6-7H,2,5,12H2,1H3,(H,13,15,16,18). The highest BCUT2D eigenvalue weighted by Crippen LogP contribution is 2.12. The second-order valence-electron chi connectivity index (χ2n) is 3.77. The van der Waals surface area contributed by atoms with Crippen LogP contribution < -0.4 is 11.1 Å². The largest absolute Gasteiger partial charge is 0.397 e. The number of nitrogens with two attached hydrogens (primary N) is 1. The van der Waals surface area contributed by atoms with Crippen LogP contribution in [0.1, 0.15) is 23.8 Å². The Morgan fingerprint density at radius 2 is 2.33 bits per heavy atom. The average molecular weight is 246 g/mol. The predicted molar refractivity (Wildman–Crippen MR) is 66.9 cm³/mol. The van der Waals surface area contributed by atoms with E-state index in [1.165, 1.54) is 12.4 Å². The van der Waals surface area contributed by atoms with Gasteiger partial charge in [0.2, 0.25) is 5.95 Å². The molecule has 0 aromatic carbocycles. The van der Waals surface area contributed by atoms with E-state index in [1.807, 2.05) is 6.92 Å². The average Bonchev–Trinajstić information content (AvgIpc) is 2.72. The molecule has 0 bridgehead atoms. The van der Waals surface area contributed by atoms with Crippen molar-refractivity contribution in [2.24, 2.45) is 0 Å². The molecule has 1 amide bonds. The van der Waals surface area contributed by atoms with Gasteiger partial charge in [-0.15, -0.1) is 5.10 Å². The lowest BCUT2D eigenvalue weighted by Gasteiger charge is -2.06. The van der Waals surface area contributed by atoms with E-state index in [9.17, 15) is 4.79 Å². The molecule has 2 heterocycles. The predicted octanol–water partition coefficient (Wildman–Crippen LogP) is 0.918. The van der Waals surface area contributed by atoms with E-state index in [0.717, 1.165) is 13.0 Å². The first-order valence-electron chi connectivity index (χ1n) is 5.61. The van der Waals surface area contributed by atoms with Gasteiger partial charge >= 0.3 is 0 Å². The monoisotopic (exact) mass is 246 g/mol. The van der Waals surface area contributed by atoms with Crippen molar-refractivity contribution in [3.05, 3.63) is 30.4 Å². The zero-order valence-corrected chi connectivity index (χ0v) is 10.00. The van der Waals surface area contributed by atoms with Crippen molar-refractivity contribution in [1.82, 2.24) is 19.7 Å². The first-order chi connectivity index (χ1) is 8.70. The summed E-state index contributed by atoms with van der Waals surface area (Å²) >= 11 is 0. The summed E-state index contributed by atoms with van der Waals surface area (Å²) in [6, 6.07) is 1.63. The number of carbonyl (C=O) groups is 1. The molecular formula is C11H14N6O. The van der Waals surface area contributed by atoms with Crippen molar-refractivity contribution in [1.29, 1.82) is 0 Å². The molecule has 2 rings (SSSR count). The molecule has 0 saturated carbocycles. The molecule has 7 heteroatoms. The summed E-state index contributed by atoms with van der Waals surface area (Å²) in [4.78, 5) is 15.9. The fraction of sp³-hybridized carbons (Fsp3) is 0.273. The van der Waals surface area contributed by atoms with Gasteiger partial charge in [0.15, 0.2) is 0 Å². The topological polar surface area (TPSA) is 98.7 Å². The summed E-state index contributed by atoms with van der Waals surface area (Å²) in [6.07, 6.45) is 5.55. The van der Waals surface area contributed by atoms with Crippen LogP contribution in [0.5, 0.6) is 0 Å². The van der Waals surface area contributed by atoms with Gasteiger partial charge in [-0.05, 0) is 12.5 Å². The molecule has 0 fully saturated rings. The van der Waals surface area contributed by atoms with Crippen molar-refractivity contribution < 1.29 is 4.79 Å². The number of aryl methyl sites for hydroxylation is 1. The Hall–Kier alpha value is -2.44. The van der Waals surface area contributed by atoms with Gasteiger partial charge in [0.05, 0.1) is 18.1 Å². The Labute approximate surface area is 104 Å². The van der Waals surface area contributed by atoms with Crippen molar-refractivity contribution in [3.63, 3.8) is 0 Å². The molecule has 0 atom stereocenters. The molecule has 0 aliphatic heterocycles. The maximum atomic E-state index is 12.0. The smallest absolute Gasteiger partial charge is 0.274 e. The Morgan fingerprint density at radius 1 is 1.50 bits per heavy atom. The van der Waals surface area contributed by atoms with Crippen LogP contribution in [0, 0.1) is 0 Å². The van der Waals surface area contributed by atoms with Crippen LogP contribution in [0.2, 0.25) is 0 Å². The summed E-state index contributed by atoms with van der Waals surface area (Å²) in [5, 5.41) is 9.90. The normalized spacial score (nSPS) is 10.3. The fourth-order valence-electron chi connectivity index (χ4n) is 1.62. The lowest BCUT2D eigenvalue weighted by Crippen LogP contribution is -2.18. The Morgan fingerprint density at radius 3 is 3.00 bits per heavy atom. The molecule has 0 saturated heterocycles. The van der Waals surface area contributed by atoms with Crippen LogP contribution >= 0.6 is 0 Å². The van der Waals surface area contributed by atoms with Gasteiger partial charge in [-0.3, -0.25) is 10.1 Å². The number of hydrogen-bond donors (Lipinski definition) is 2. The molecule has 94 valence electrons. The van der Waals surface area contributed by atoms with E-state index in [0.29, 0.717) is 11.4 Å². The third-order valence-electron chi connectivity index (χ3n) is 2.32. The van der Waals surface area contributed by atoms with Gasteiger partial charge in [0, 0.05) is 12.7 Å². The van der Waals surface area contributed by atoms with E-state index >= 15 is 0 Å². The van der Waals surface area contributed by atoms with Crippen LogP contribution in [0.15, 0.2) is 24.7 Å². The van der Waals surface area contributed by atoms with E-state index in [2.05, 4.69) is 20.5 Å². The minimum absolute atomic E-state index is 0.172. The van der Waals surface area contributed by atoms with Gasteiger partial charge in [0.25, 0.3) is 5.91 Å². The second kappa shape index (κ2) is 5.26. The number of aromatic nitrogens is 4. The molecule has 0 radical (unpaired) electrons. The van der Waals surface area contributed by atoms with E-state index in [4.69, 9.17) is 5.73 Å². The summed E-state index contributed by atoms with van der Waals surface area (Å²) in [6.45, 7) is 2.76. The molecular weight excluding hydrogens is 232 g/mol.